The predicted molar refractivity (Wildman–Crippen MR) is 169 cm³/mol. The second-order valence-corrected chi connectivity index (χ2v) is 11.5. The molecule has 0 aliphatic heterocycles. The predicted octanol–water partition coefficient (Wildman–Crippen LogP) is 4.04. The number of fused-ring (bicyclic) bond motifs is 1. The molecule has 5 rings (SSSR count). The van der Waals surface area contributed by atoms with Gasteiger partial charge in [-0.25, -0.2) is 13.6 Å². The Morgan fingerprint density at radius 1 is 1.02 bits per heavy atom. The van der Waals surface area contributed by atoms with Gasteiger partial charge in [-0.15, -0.1) is 12.4 Å². The molecule has 222 valence electrons. The first-order valence-electron chi connectivity index (χ1n) is 12.8. The second-order valence-electron chi connectivity index (χ2n) is 10.3. The molecule has 42 heavy (non-hydrogen) atoms. The van der Waals surface area contributed by atoms with E-state index >= 15 is 0 Å². The highest BCUT2D eigenvalue weighted by Crippen LogP contribution is 2.34. The van der Waals surface area contributed by atoms with E-state index in [2.05, 4.69) is 10.6 Å². The van der Waals surface area contributed by atoms with E-state index < -0.39 is 34.3 Å². The molecule has 0 saturated heterocycles. The van der Waals surface area contributed by atoms with E-state index in [1.165, 1.54) is 47.4 Å². The summed E-state index contributed by atoms with van der Waals surface area (Å²) in [6, 6.07) is 7.83. The highest BCUT2D eigenvalue weighted by Gasteiger charge is 2.32. The first-order valence-corrected chi connectivity index (χ1v) is 13.8. The quantitative estimate of drug-likeness (QED) is 0.280. The second kappa shape index (κ2) is 12.0. The Morgan fingerprint density at radius 3 is 2.33 bits per heavy atom. The number of halogens is 4. The van der Waals surface area contributed by atoms with Crippen molar-refractivity contribution in [2.75, 3.05) is 31.3 Å². The van der Waals surface area contributed by atoms with E-state index in [0.717, 1.165) is 10.6 Å². The van der Waals surface area contributed by atoms with Gasteiger partial charge < -0.3 is 15.5 Å². The Balaban J connectivity index is 0.00000405. The van der Waals surface area contributed by atoms with Crippen LogP contribution in [0, 0.1) is 22.1 Å². The van der Waals surface area contributed by atoms with Crippen LogP contribution >= 0.6 is 35.0 Å². The number of carbonyl (C=O) groups excluding carboxylic acids is 1. The minimum atomic E-state index is -0.724. The van der Waals surface area contributed by atoms with Gasteiger partial charge in [0, 0.05) is 22.2 Å². The number of benzene rings is 2. The van der Waals surface area contributed by atoms with Gasteiger partial charge in [0.2, 0.25) is 5.91 Å². The molecule has 1 aliphatic carbocycles. The molecule has 2 aromatic carbocycles. The van der Waals surface area contributed by atoms with Gasteiger partial charge in [-0.2, -0.15) is 0 Å². The summed E-state index contributed by atoms with van der Waals surface area (Å²) in [7, 11) is 4.83. The van der Waals surface area contributed by atoms with E-state index in [4.69, 9.17) is 0 Å². The van der Waals surface area contributed by atoms with E-state index in [0.29, 0.717) is 16.4 Å². The van der Waals surface area contributed by atoms with Crippen LogP contribution in [0.3, 0.4) is 0 Å². The van der Waals surface area contributed by atoms with Crippen LogP contribution < -0.4 is 27.4 Å². The number of hydrogen-bond donors (Lipinski definition) is 2. The Labute approximate surface area is 258 Å². The van der Waals surface area contributed by atoms with Crippen molar-refractivity contribution in [2.45, 2.75) is 25.8 Å². The van der Waals surface area contributed by atoms with Crippen LogP contribution in [0.5, 0.6) is 0 Å². The third-order valence-electron chi connectivity index (χ3n) is 6.88. The number of aromatic nitrogens is 3. The molecule has 2 aromatic heterocycles. The minimum absolute atomic E-state index is 0. The molecule has 0 unspecified atom stereocenters. The summed E-state index contributed by atoms with van der Waals surface area (Å²) in [5.74, 6) is -1.78. The summed E-state index contributed by atoms with van der Waals surface area (Å²) >= 11 is 1.97. The number of rotatable bonds is 7. The Hall–Kier alpha value is -3.56. The number of anilines is 3. The molecule has 1 fully saturated rings. The number of amides is 1. The number of aryl methyl sites for hydroxylation is 1. The van der Waals surface area contributed by atoms with Gasteiger partial charge in [0.15, 0.2) is 0 Å². The zero-order valence-corrected chi connectivity index (χ0v) is 26.1. The maximum absolute atomic E-state index is 14.9. The van der Waals surface area contributed by atoms with Crippen LogP contribution in [-0.2, 0) is 11.8 Å². The van der Waals surface area contributed by atoms with Crippen molar-refractivity contribution in [1.82, 2.24) is 18.6 Å². The molecule has 1 amide bonds. The van der Waals surface area contributed by atoms with Crippen LogP contribution in [0.2, 0.25) is 0 Å². The maximum Gasteiger partial charge on any atom is 0.336 e. The molecule has 0 bridgehead atoms. The summed E-state index contributed by atoms with van der Waals surface area (Å²) < 4.78 is 33.8. The molecular formula is C28H28ClF2IN6O4. The van der Waals surface area contributed by atoms with Crippen LogP contribution in [0.15, 0.2) is 50.8 Å². The zero-order chi connectivity index (χ0) is 29.7. The van der Waals surface area contributed by atoms with Crippen molar-refractivity contribution < 1.29 is 13.6 Å². The number of pyridine rings is 1. The van der Waals surface area contributed by atoms with Crippen LogP contribution in [-0.4, -0.2) is 45.1 Å². The average Bonchev–Trinajstić information content (AvgIpc) is 3.73. The van der Waals surface area contributed by atoms with Crippen LogP contribution in [0.4, 0.5) is 26.0 Å². The third kappa shape index (κ3) is 5.72. The minimum Gasteiger partial charge on any atom is -0.338 e. The Morgan fingerprint density at radius 2 is 1.71 bits per heavy atom. The van der Waals surface area contributed by atoms with E-state index in [9.17, 15) is 28.0 Å². The fraction of sp³-hybridized carbons (Fsp3) is 0.286. The van der Waals surface area contributed by atoms with Crippen molar-refractivity contribution in [1.29, 1.82) is 0 Å². The Kier molecular flexibility index (Phi) is 8.94. The highest BCUT2D eigenvalue weighted by atomic mass is 127. The molecular weight excluding hydrogens is 685 g/mol. The monoisotopic (exact) mass is 712 g/mol. The van der Waals surface area contributed by atoms with Gasteiger partial charge in [0.05, 0.1) is 29.1 Å². The lowest BCUT2D eigenvalue weighted by Crippen LogP contribution is -2.41. The first-order chi connectivity index (χ1) is 19.4. The van der Waals surface area contributed by atoms with E-state index in [1.54, 1.807) is 25.1 Å². The molecule has 1 aliphatic rings. The fourth-order valence-electron chi connectivity index (χ4n) is 4.80. The lowest BCUT2D eigenvalue weighted by atomic mass is 10.1. The molecule has 14 heteroatoms. The summed E-state index contributed by atoms with van der Waals surface area (Å²) in [6.45, 7) is 1.48. The molecule has 4 aromatic rings. The van der Waals surface area contributed by atoms with Gasteiger partial charge in [-0.3, -0.25) is 28.1 Å². The van der Waals surface area contributed by atoms with Crippen LogP contribution in [0.1, 0.15) is 24.4 Å². The maximum atomic E-state index is 14.9. The van der Waals surface area contributed by atoms with Gasteiger partial charge in [0.25, 0.3) is 11.1 Å². The summed E-state index contributed by atoms with van der Waals surface area (Å²) in [5.41, 5.74) is -1.75. The summed E-state index contributed by atoms with van der Waals surface area (Å²) in [4.78, 5) is 55.3. The van der Waals surface area contributed by atoms with E-state index in [1.807, 2.05) is 22.6 Å². The van der Waals surface area contributed by atoms with Crippen molar-refractivity contribution in [3.63, 3.8) is 0 Å². The lowest BCUT2D eigenvalue weighted by Gasteiger charge is -2.21. The molecule has 0 atom stereocenters. The van der Waals surface area contributed by atoms with Crippen molar-refractivity contribution in [2.24, 2.45) is 7.05 Å². The highest BCUT2D eigenvalue weighted by molar-refractivity contribution is 14.1. The molecule has 0 radical (unpaired) electrons. The van der Waals surface area contributed by atoms with Gasteiger partial charge >= 0.3 is 5.69 Å². The van der Waals surface area contributed by atoms with Crippen molar-refractivity contribution >= 4 is 69.0 Å². The largest absolute Gasteiger partial charge is 0.338 e. The smallest absolute Gasteiger partial charge is 0.336 e. The number of nitrogens with one attached hydrogen (secondary N) is 2. The van der Waals surface area contributed by atoms with Crippen molar-refractivity contribution in [3.8, 4) is 5.69 Å². The number of likely N-dealkylation sites (N-methyl/N-ethyl adjacent to an activating group) is 1. The fourth-order valence-corrected chi connectivity index (χ4v) is 5.25. The van der Waals surface area contributed by atoms with Crippen molar-refractivity contribution in [3.05, 3.63) is 88.4 Å². The summed E-state index contributed by atoms with van der Waals surface area (Å²) in [5, 5.41) is 5.41. The standard InChI is InChI=1S/C28H27F2IN6O4.ClH/c1-14-24-23(25(35(4)26(14)39)33-20-10-5-15(31)11-19(20)30)27(40)37(16-6-7-16)28(41)36(24)17-8-9-18(29)21(12-17)32-22(38)13-34(2)3;/h5,8-12,16,33H,6-7,13H2,1-4H3,(H,32,38);1H. The lowest BCUT2D eigenvalue weighted by molar-refractivity contribution is -0.116. The summed E-state index contributed by atoms with van der Waals surface area (Å²) in [6.07, 6.45) is 1.21. The van der Waals surface area contributed by atoms with E-state index in [-0.39, 0.29) is 64.3 Å². The van der Waals surface area contributed by atoms with Gasteiger partial charge in [-0.1, -0.05) is 0 Å². The number of nitrogens with zero attached hydrogens (tertiary/aromatic N) is 4. The van der Waals surface area contributed by atoms with Gasteiger partial charge in [0.1, 0.15) is 22.8 Å². The number of hydrogen-bond acceptors (Lipinski definition) is 6. The molecule has 0 spiro atoms. The SMILES string of the molecule is Cc1c(=O)n(C)c(Nc2ccc(I)cc2F)c2c(=O)n(C3CC3)c(=O)n(-c3ccc(F)c(NC(=O)CN(C)C)c3)c12.Cl. The first kappa shape index (κ1) is 31.4. The molecule has 2 heterocycles. The van der Waals surface area contributed by atoms with Gasteiger partial charge in [-0.05, 0) is 92.8 Å². The average molecular weight is 713 g/mol. The van der Waals surface area contributed by atoms with Crippen LogP contribution in [0.25, 0.3) is 16.6 Å². The topological polar surface area (TPSA) is 110 Å². The molecule has 2 N–H and O–H groups in total. The molecule has 1 saturated carbocycles. The number of carbonyl (C=O) groups is 1. The normalized spacial score (nSPS) is 12.9. The Bertz CT molecular complexity index is 1920. The zero-order valence-electron chi connectivity index (χ0n) is 23.1. The molecule has 10 nitrogen and oxygen atoms in total. The third-order valence-corrected chi connectivity index (χ3v) is 7.55.